The fourth-order valence-corrected chi connectivity index (χ4v) is 4.39. The maximum absolute atomic E-state index is 13.1. The molecule has 3 rings (SSSR count). The van der Waals surface area contributed by atoms with Gasteiger partial charge in [0.15, 0.2) is 5.13 Å². The molecular weight excluding hydrogens is 318 g/mol. The molecule has 1 aromatic heterocycles. The van der Waals surface area contributed by atoms with E-state index < -0.39 is 0 Å². The molecule has 0 saturated heterocycles. The zero-order valence-corrected chi connectivity index (χ0v) is 15.5. The van der Waals surface area contributed by atoms with E-state index in [2.05, 4.69) is 25.1 Å². The molecule has 0 bridgehead atoms. The van der Waals surface area contributed by atoms with Crippen molar-refractivity contribution in [3.05, 3.63) is 24.3 Å². The van der Waals surface area contributed by atoms with Gasteiger partial charge in [-0.25, -0.2) is 4.98 Å². The molecule has 0 aliphatic heterocycles. The molecule has 1 heterocycles. The number of hydrogen-bond donors (Lipinski definition) is 0. The largest absolute Gasteiger partial charge is 0.309 e. The first kappa shape index (κ1) is 17.4. The number of para-hydroxylation sites is 1. The molecule has 4 nitrogen and oxygen atoms in total. The van der Waals surface area contributed by atoms with Gasteiger partial charge in [-0.1, -0.05) is 42.7 Å². The lowest BCUT2D eigenvalue weighted by atomic mass is 9.88. The molecule has 2 aromatic rings. The van der Waals surface area contributed by atoms with Gasteiger partial charge in [0.05, 0.1) is 10.2 Å². The van der Waals surface area contributed by atoms with E-state index in [0.717, 1.165) is 47.7 Å². The minimum Gasteiger partial charge on any atom is -0.309 e. The van der Waals surface area contributed by atoms with Gasteiger partial charge in [-0.3, -0.25) is 9.69 Å². The molecule has 1 aromatic carbocycles. The maximum atomic E-state index is 13.1. The Morgan fingerprint density at radius 2 is 1.92 bits per heavy atom. The van der Waals surface area contributed by atoms with Gasteiger partial charge in [0.1, 0.15) is 0 Å². The first-order valence-electron chi connectivity index (χ1n) is 8.97. The van der Waals surface area contributed by atoms with Gasteiger partial charge >= 0.3 is 0 Å². The van der Waals surface area contributed by atoms with Crippen LogP contribution < -0.4 is 4.90 Å². The second-order valence-corrected chi connectivity index (χ2v) is 7.95. The molecular formula is C19H27N3OS. The smallest absolute Gasteiger partial charge is 0.231 e. The van der Waals surface area contributed by atoms with Gasteiger partial charge in [-0.2, -0.15) is 0 Å². The van der Waals surface area contributed by atoms with Gasteiger partial charge in [0.25, 0.3) is 0 Å². The van der Waals surface area contributed by atoms with Crippen molar-refractivity contribution in [2.45, 2.75) is 38.5 Å². The van der Waals surface area contributed by atoms with Crippen molar-refractivity contribution < 1.29 is 4.79 Å². The molecule has 1 saturated carbocycles. The van der Waals surface area contributed by atoms with E-state index in [9.17, 15) is 4.79 Å². The number of carbonyl (C=O) groups excluding carboxylic acids is 1. The first-order chi connectivity index (χ1) is 11.6. The molecule has 0 spiro atoms. The highest BCUT2D eigenvalue weighted by molar-refractivity contribution is 7.22. The number of benzene rings is 1. The molecule has 0 atom stereocenters. The number of hydrogen-bond acceptors (Lipinski definition) is 4. The van der Waals surface area contributed by atoms with Crippen LogP contribution in [0.2, 0.25) is 0 Å². The van der Waals surface area contributed by atoms with E-state index in [1.807, 2.05) is 23.1 Å². The molecule has 1 aliphatic carbocycles. The highest BCUT2D eigenvalue weighted by Crippen LogP contribution is 2.32. The quantitative estimate of drug-likeness (QED) is 0.789. The third kappa shape index (κ3) is 4.14. The summed E-state index contributed by atoms with van der Waals surface area (Å²) in [4.78, 5) is 22.0. The third-order valence-electron chi connectivity index (χ3n) is 4.72. The summed E-state index contributed by atoms with van der Waals surface area (Å²) in [6.07, 6.45) is 6.68. The minimum absolute atomic E-state index is 0.185. The number of thiazole rings is 1. The van der Waals surface area contributed by atoms with Crippen LogP contribution in [-0.2, 0) is 4.79 Å². The summed E-state index contributed by atoms with van der Waals surface area (Å²) in [5.74, 6) is 0.470. The summed E-state index contributed by atoms with van der Waals surface area (Å²) in [6.45, 7) is 1.74. The van der Waals surface area contributed by atoms with Gasteiger partial charge < -0.3 is 4.90 Å². The van der Waals surface area contributed by atoms with Gasteiger partial charge in [-0.05, 0) is 52.0 Å². The lowest BCUT2D eigenvalue weighted by Gasteiger charge is -2.28. The average Bonchev–Trinajstić information content (AvgIpc) is 3.02. The van der Waals surface area contributed by atoms with E-state index in [1.165, 1.54) is 19.3 Å². The number of fused-ring (bicyclic) bond motifs is 1. The fourth-order valence-electron chi connectivity index (χ4n) is 3.39. The molecule has 0 radical (unpaired) electrons. The lowest BCUT2D eigenvalue weighted by Crippen LogP contribution is -2.38. The average molecular weight is 346 g/mol. The molecule has 24 heavy (non-hydrogen) atoms. The molecule has 1 amide bonds. The van der Waals surface area contributed by atoms with Gasteiger partial charge in [0.2, 0.25) is 5.91 Å². The highest BCUT2D eigenvalue weighted by Gasteiger charge is 2.28. The first-order valence-corrected chi connectivity index (χ1v) is 9.78. The Morgan fingerprint density at radius 1 is 1.17 bits per heavy atom. The second kappa shape index (κ2) is 8.08. The predicted molar refractivity (Wildman–Crippen MR) is 102 cm³/mol. The molecule has 5 heteroatoms. The van der Waals surface area contributed by atoms with Crippen LogP contribution in [0.3, 0.4) is 0 Å². The zero-order valence-electron chi connectivity index (χ0n) is 14.7. The van der Waals surface area contributed by atoms with E-state index in [4.69, 9.17) is 4.98 Å². The standard InChI is InChI=1S/C19H27N3OS/c1-21(2)13-8-14-22(18(23)15-9-4-3-5-10-15)19-20-16-11-6-7-12-17(16)24-19/h6-7,11-12,15H,3-5,8-10,13-14H2,1-2H3. The summed E-state index contributed by atoms with van der Waals surface area (Å²) in [5, 5.41) is 0.866. The Balaban J connectivity index is 1.81. The number of anilines is 1. The van der Waals surface area contributed by atoms with E-state index in [1.54, 1.807) is 11.3 Å². The highest BCUT2D eigenvalue weighted by atomic mass is 32.1. The number of nitrogens with zero attached hydrogens (tertiary/aromatic N) is 3. The molecule has 0 N–H and O–H groups in total. The SMILES string of the molecule is CN(C)CCCN(C(=O)C1CCCCC1)c1nc2ccccc2s1. The van der Waals surface area contributed by atoms with Crippen LogP contribution in [0.1, 0.15) is 38.5 Å². The predicted octanol–water partition coefficient (Wildman–Crippen LogP) is 4.16. The van der Waals surface area contributed by atoms with Crippen molar-refractivity contribution in [2.75, 3.05) is 32.1 Å². The number of amides is 1. The number of carbonyl (C=O) groups is 1. The monoisotopic (exact) mass is 345 g/mol. The fraction of sp³-hybridized carbons (Fsp3) is 0.579. The molecule has 1 aliphatic rings. The summed E-state index contributed by atoms with van der Waals surface area (Å²) in [6, 6.07) is 8.15. The summed E-state index contributed by atoms with van der Waals surface area (Å²) >= 11 is 1.64. The van der Waals surface area contributed by atoms with E-state index in [0.29, 0.717) is 0 Å². The molecule has 130 valence electrons. The Labute approximate surface area is 148 Å². The maximum Gasteiger partial charge on any atom is 0.231 e. The van der Waals surface area contributed by atoms with Crippen molar-refractivity contribution in [3.63, 3.8) is 0 Å². The molecule has 0 unspecified atom stereocenters. The van der Waals surface area contributed by atoms with Crippen molar-refractivity contribution in [1.82, 2.24) is 9.88 Å². The van der Waals surface area contributed by atoms with Crippen molar-refractivity contribution >= 4 is 32.6 Å². The third-order valence-corrected chi connectivity index (χ3v) is 5.78. The van der Waals surface area contributed by atoms with Crippen LogP contribution in [0.25, 0.3) is 10.2 Å². The van der Waals surface area contributed by atoms with Crippen molar-refractivity contribution in [1.29, 1.82) is 0 Å². The van der Waals surface area contributed by atoms with Crippen LogP contribution in [0.5, 0.6) is 0 Å². The second-order valence-electron chi connectivity index (χ2n) is 6.95. The van der Waals surface area contributed by atoms with Crippen LogP contribution in [-0.4, -0.2) is 43.0 Å². The van der Waals surface area contributed by atoms with Crippen LogP contribution in [0.15, 0.2) is 24.3 Å². The van der Waals surface area contributed by atoms with Gasteiger partial charge in [0, 0.05) is 12.5 Å². The Kier molecular flexibility index (Phi) is 5.85. The summed E-state index contributed by atoms with van der Waals surface area (Å²) in [5.41, 5.74) is 0.992. The Morgan fingerprint density at radius 3 is 2.62 bits per heavy atom. The van der Waals surface area contributed by atoms with Crippen molar-refractivity contribution in [2.24, 2.45) is 5.92 Å². The van der Waals surface area contributed by atoms with Crippen molar-refractivity contribution in [3.8, 4) is 0 Å². The number of rotatable bonds is 6. The lowest BCUT2D eigenvalue weighted by molar-refractivity contribution is -0.123. The molecule has 1 fully saturated rings. The summed E-state index contributed by atoms with van der Waals surface area (Å²) < 4.78 is 1.15. The normalized spacial score (nSPS) is 16.0. The zero-order chi connectivity index (χ0) is 16.9. The summed E-state index contributed by atoms with van der Waals surface area (Å²) in [7, 11) is 4.15. The van der Waals surface area contributed by atoms with Crippen LogP contribution in [0, 0.1) is 5.92 Å². The van der Waals surface area contributed by atoms with Gasteiger partial charge in [-0.15, -0.1) is 0 Å². The van der Waals surface area contributed by atoms with E-state index in [-0.39, 0.29) is 11.8 Å². The minimum atomic E-state index is 0.185. The Bertz CT molecular complexity index is 643. The van der Waals surface area contributed by atoms with E-state index >= 15 is 0 Å². The topological polar surface area (TPSA) is 36.4 Å². The Hall–Kier alpha value is -1.46. The van der Waals surface area contributed by atoms with Crippen LogP contribution >= 0.6 is 11.3 Å². The van der Waals surface area contributed by atoms with Crippen LogP contribution in [0.4, 0.5) is 5.13 Å². The number of aromatic nitrogens is 1.